The Kier molecular flexibility index (Phi) is 6.49. The van der Waals surface area contributed by atoms with E-state index in [1.165, 1.54) is 6.20 Å². The highest BCUT2D eigenvalue weighted by Crippen LogP contribution is 2.56. The Morgan fingerprint density at radius 2 is 2.16 bits per heavy atom. The van der Waals surface area contributed by atoms with Gasteiger partial charge in [0.25, 0.3) is 0 Å². The van der Waals surface area contributed by atoms with Crippen LogP contribution in [0.3, 0.4) is 0 Å². The van der Waals surface area contributed by atoms with Crippen LogP contribution in [0.15, 0.2) is 24.4 Å². The summed E-state index contributed by atoms with van der Waals surface area (Å²) in [5.41, 5.74) is 1.31. The summed E-state index contributed by atoms with van der Waals surface area (Å²) in [6, 6.07) is 6.48. The van der Waals surface area contributed by atoms with Crippen LogP contribution in [0.25, 0.3) is 0 Å². The van der Waals surface area contributed by atoms with Crippen molar-refractivity contribution < 1.29 is 19.1 Å². The van der Waals surface area contributed by atoms with E-state index < -0.39 is 11.6 Å². The van der Waals surface area contributed by atoms with Crippen LogP contribution in [0.5, 0.6) is 0 Å². The van der Waals surface area contributed by atoms with Crippen molar-refractivity contribution in [1.82, 2.24) is 19.8 Å². The molecular formula is C25H28N8O4. The largest absolute Gasteiger partial charge is 0.383 e. The summed E-state index contributed by atoms with van der Waals surface area (Å²) in [4.78, 5) is 52.2. The molecule has 0 spiro atoms. The number of urea groups is 1. The highest BCUT2D eigenvalue weighted by Gasteiger charge is 2.60. The van der Waals surface area contributed by atoms with Gasteiger partial charge in [-0.1, -0.05) is 6.07 Å². The van der Waals surface area contributed by atoms with Crippen LogP contribution in [0.1, 0.15) is 34.5 Å². The van der Waals surface area contributed by atoms with Crippen LogP contribution in [0, 0.1) is 11.3 Å². The first-order valence-corrected chi connectivity index (χ1v) is 12.1. The number of nitriles is 1. The maximum Gasteiger partial charge on any atom is 0.328 e. The molecule has 2 aromatic rings. The Morgan fingerprint density at radius 3 is 2.86 bits per heavy atom. The molecule has 0 radical (unpaired) electrons. The van der Waals surface area contributed by atoms with E-state index in [2.05, 4.69) is 26.7 Å². The lowest BCUT2D eigenvalue weighted by Crippen LogP contribution is -2.70. The minimum Gasteiger partial charge on any atom is -0.383 e. The zero-order valence-electron chi connectivity index (χ0n) is 20.7. The van der Waals surface area contributed by atoms with Gasteiger partial charge < -0.3 is 15.0 Å². The molecule has 2 bridgehead atoms. The normalized spacial score (nSPS) is 22.5. The summed E-state index contributed by atoms with van der Waals surface area (Å²) in [6.07, 6.45) is 3.22. The number of amides is 3. The van der Waals surface area contributed by atoms with Crippen LogP contribution < -0.4 is 15.5 Å². The van der Waals surface area contributed by atoms with Gasteiger partial charge in [0.05, 0.1) is 29.9 Å². The molecule has 2 fully saturated rings. The van der Waals surface area contributed by atoms with Crippen LogP contribution >= 0.6 is 0 Å². The zero-order chi connectivity index (χ0) is 26.2. The minimum absolute atomic E-state index is 0.0470. The molecule has 4 aliphatic rings. The second-order valence-corrected chi connectivity index (χ2v) is 9.55. The van der Waals surface area contributed by atoms with Crippen molar-refractivity contribution in [2.75, 3.05) is 62.5 Å². The van der Waals surface area contributed by atoms with Gasteiger partial charge in [0.2, 0.25) is 5.91 Å². The molecule has 1 saturated heterocycles. The van der Waals surface area contributed by atoms with E-state index >= 15 is 0 Å². The molecule has 5 heterocycles. The number of anilines is 3. The van der Waals surface area contributed by atoms with Gasteiger partial charge in [-0.25, -0.2) is 14.8 Å². The van der Waals surface area contributed by atoms with Gasteiger partial charge in [-0.15, -0.1) is 0 Å². The van der Waals surface area contributed by atoms with E-state index in [4.69, 9.17) is 4.74 Å². The molecule has 3 amide bonds. The SMILES string of the molecule is COCCNc1cc(NC(=O)N2c3nc(C=O)ccc3C3(N4CCN(C)CC4=O)CC2C3)ncc1C#N. The predicted molar refractivity (Wildman–Crippen MR) is 134 cm³/mol. The highest BCUT2D eigenvalue weighted by atomic mass is 16.5. The molecule has 3 aliphatic heterocycles. The Morgan fingerprint density at radius 1 is 1.35 bits per heavy atom. The number of rotatable bonds is 7. The summed E-state index contributed by atoms with van der Waals surface area (Å²) in [6.45, 7) is 2.63. The molecule has 192 valence electrons. The van der Waals surface area contributed by atoms with Crippen molar-refractivity contribution in [1.29, 1.82) is 5.26 Å². The monoisotopic (exact) mass is 504 g/mol. The number of carbonyl (C=O) groups excluding carboxylic acids is 3. The lowest BCUT2D eigenvalue weighted by molar-refractivity contribution is -0.149. The molecule has 12 heteroatoms. The van der Waals surface area contributed by atoms with Crippen molar-refractivity contribution >= 4 is 35.5 Å². The van der Waals surface area contributed by atoms with Gasteiger partial charge in [0.15, 0.2) is 6.29 Å². The molecular weight excluding hydrogens is 476 g/mol. The van der Waals surface area contributed by atoms with Crippen LogP contribution in [0.2, 0.25) is 0 Å². The quantitative estimate of drug-likeness (QED) is 0.422. The van der Waals surface area contributed by atoms with E-state index in [-0.39, 0.29) is 23.5 Å². The maximum absolute atomic E-state index is 13.5. The number of pyridine rings is 2. The summed E-state index contributed by atoms with van der Waals surface area (Å²) in [5.74, 6) is 0.691. The molecule has 6 rings (SSSR count). The number of piperazine rings is 1. The predicted octanol–water partition coefficient (Wildman–Crippen LogP) is 1.40. The molecule has 1 saturated carbocycles. The van der Waals surface area contributed by atoms with Crippen molar-refractivity contribution in [3.8, 4) is 6.07 Å². The molecule has 0 atom stereocenters. The van der Waals surface area contributed by atoms with Gasteiger partial charge in [-0.3, -0.25) is 24.7 Å². The molecule has 2 aromatic heterocycles. The first kappa shape index (κ1) is 24.6. The highest BCUT2D eigenvalue weighted by molar-refractivity contribution is 6.03. The van der Waals surface area contributed by atoms with Crippen molar-refractivity contribution in [2.24, 2.45) is 0 Å². The number of hydrogen-bond acceptors (Lipinski definition) is 9. The van der Waals surface area contributed by atoms with Crippen LogP contribution in [0.4, 0.5) is 22.1 Å². The third-order valence-electron chi connectivity index (χ3n) is 7.29. The first-order valence-electron chi connectivity index (χ1n) is 12.1. The Hall–Kier alpha value is -4.08. The van der Waals surface area contributed by atoms with Crippen molar-refractivity contribution in [2.45, 2.75) is 24.4 Å². The topological polar surface area (TPSA) is 144 Å². The van der Waals surface area contributed by atoms with Crippen LogP contribution in [-0.2, 0) is 15.1 Å². The third kappa shape index (κ3) is 4.26. The second-order valence-electron chi connectivity index (χ2n) is 9.55. The van der Waals surface area contributed by atoms with Crippen molar-refractivity contribution in [3.05, 3.63) is 41.2 Å². The van der Waals surface area contributed by atoms with E-state index in [0.29, 0.717) is 62.4 Å². The summed E-state index contributed by atoms with van der Waals surface area (Å²) < 4.78 is 5.05. The minimum atomic E-state index is -0.533. The average Bonchev–Trinajstić information content (AvgIpc) is 2.87. The first-order chi connectivity index (χ1) is 17.9. The number of nitrogens with zero attached hydrogens (tertiary/aromatic N) is 6. The van der Waals surface area contributed by atoms with Crippen molar-refractivity contribution in [3.63, 3.8) is 0 Å². The maximum atomic E-state index is 13.5. The fourth-order valence-corrected chi connectivity index (χ4v) is 5.46. The molecule has 1 aliphatic carbocycles. The lowest BCUT2D eigenvalue weighted by Gasteiger charge is -2.61. The number of likely N-dealkylation sites (N-methyl/N-ethyl adjacent to an activating group) is 1. The van der Waals surface area contributed by atoms with Gasteiger partial charge >= 0.3 is 6.03 Å². The standard InChI is InChI=1S/C25H28N8O4/c1-31-6-7-32(22(35)14-31)25-10-18(11-25)33(23-19(25)4-3-17(15-34)29-23)24(36)30-21-9-20(27-5-8-37-2)16(12-26)13-28-21/h3-4,9,13,15,18H,5-8,10-11,14H2,1-2H3,(H2,27,28,30,36). The van der Waals surface area contributed by atoms with Crippen LogP contribution in [-0.4, -0.2) is 91.0 Å². The number of aromatic nitrogens is 2. The Balaban J connectivity index is 1.44. The van der Waals surface area contributed by atoms with Gasteiger partial charge in [0, 0.05) is 50.6 Å². The van der Waals surface area contributed by atoms with E-state index in [1.54, 1.807) is 24.1 Å². The summed E-state index contributed by atoms with van der Waals surface area (Å²) in [7, 11) is 3.51. The Labute approximate surface area is 214 Å². The fraction of sp³-hybridized carbons (Fsp3) is 0.440. The molecule has 0 aromatic carbocycles. The molecule has 12 nitrogen and oxygen atoms in total. The van der Waals surface area contributed by atoms with E-state index in [1.807, 2.05) is 22.9 Å². The average molecular weight is 505 g/mol. The van der Waals surface area contributed by atoms with Gasteiger partial charge in [-0.2, -0.15) is 5.26 Å². The molecule has 2 N–H and O–H groups in total. The van der Waals surface area contributed by atoms with Gasteiger partial charge in [-0.05, 0) is 26.0 Å². The number of carbonyl (C=O) groups is 3. The summed E-state index contributed by atoms with van der Waals surface area (Å²) >= 11 is 0. The zero-order valence-corrected chi connectivity index (χ0v) is 20.7. The molecule has 0 unspecified atom stereocenters. The number of methoxy groups -OCH3 is 1. The fourth-order valence-electron chi connectivity index (χ4n) is 5.46. The number of hydrogen-bond donors (Lipinski definition) is 2. The lowest BCUT2D eigenvalue weighted by atomic mass is 9.63. The Bertz CT molecular complexity index is 1290. The van der Waals surface area contributed by atoms with Gasteiger partial charge in [0.1, 0.15) is 23.4 Å². The number of aldehydes is 1. The smallest absolute Gasteiger partial charge is 0.328 e. The number of ether oxygens (including phenoxy) is 1. The number of nitrogens with one attached hydrogen (secondary N) is 2. The second kappa shape index (κ2) is 9.76. The summed E-state index contributed by atoms with van der Waals surface area (Å²) in [5, 5.41) is 15.3. The third-order valence-corrected chi connectivity index (χ3v) is 7.29. The van der Waals surface area contributed by atoms with E-state index in [0.717, 1.165) is 12.1 Å². The molecule has 37 heavy (non-hydrogen) atoms. The van der Waals surface area contributed by atoms with E-state index in [9.17, 15) is 19.6 Å².